The molecule has 5 heteroatoms. The zero-order valence-corrected chi connectivity index (χ0v) is 12.6. The van der Waals surface area contributed by atoms with E-state index in [1.807, 2.05) is 31.0 Å². The van der Waals surface area contributed by atoms with E-state index in [1.54, 1.807) is 6.20 Å². The molecule has 2 heterocycles. The summed E-state index contributed by atoms with van der Waals surface area (Å²) in [4.78, 5) is 20.9. The lowest BCUT2D eigenvalue weighted by Gasteiger charge is -2.35. The first kappa shape index (κ1) is 14.8. The molecule has 5 nitrogen and oxygen atoms in total. The Hall–Kier alpha value is -1.62. The van der Waals surface area contributed by atoms with Crippen molar-refractivity contribution >= 4 is 11.6 Å². The van der Waals surface area contributed by atoms with Crippen molar-refractivity contribution in [3.8, 4) is 0 Å². The minimum atomic E-state index is 0.0132. The molecule has 0 unspecified atom stereocenters. The molecule has 1 saturated heterocycles. The van der Waals surface area contributed by atoms with E-state index in [0.29, 0.717) is 11.7 Å². The quantitative estimate of drug-likeness (QED) is 0.909. The molecule has 20 heavy (non-hydrogen) atoms. The number of amides is 1. The number of hydrogen-bond donors (Lipinski definition) is 1. The van der Waals surface area contributed by atoms with Gasteiger partial charge in [0.05, 0.1) is 0 Å². The van der Waals surface area contributed by atoms with E-state index in [-0.39, 0.29) is 5.91 Å². The summed E-state index contributed by atoms with van der Waals surface area (Å²) in [6.45, 7) is 4.97. The maximum atomic E-state index is 12.5. The van der Waals surface area contributed by atoms with Gasteiger partial charge >= 0.3 is 0 Å². The predicted molar refractivity (Wildman–Crippen MR) is 81.0 cm³/mol. The number of piperidine rings is 1. The summed E-state index contributed by atoms with van der Waals surface area (Å²) in [7, 11) is 4.01. The van der Waals surface area contributed by atoms with Crippen LogP contribution in [-0.2, 0) is 0 Å². The zero-order chi connectivity index (χ0) is 14.5. The lowest BCUT2D eigenvalue weighted by Crippen LogP contribution is -2.44. The van der Waals surface area contributed by atoms with Gasteiger partial charge in [0.25, 0.3) is 5.91 Å². The number of likely N-dealkylation sites (tertiary alicyclic amines) is 1. The molecular weight excluding hydrogens is 252 g/mol. The normalized spacial score (nSPS) is 16.9. The van der Waals surface area contributed by atoms with E-state index in [2.05, 4.69) is 22.2 Å². The van der Waals surface area contributed by atoms with E-state index in [1.165, 1.54) is 0 Å². The molecule has 1 aromatic heterocycles. The maximum absolute atomic E-state index is 12.5. The molecular formula is C15H24N4O. The van der Waals surface area contributed by atoms with Crippen LogP contribution in [0.15, 0.2) is 18.3 Å². The average molecular weight is 276 g/mol. The van der Waals surface area contributed by atoms with Crippen LogP contribution in [0.25, 0.3) is 0 Å². The molecule has 1 aliphatic rings. The van der Waals surface area contributed by atoms with Gasteiger partial charge in [-0.25, -0.2) is 0 Å². The van der Waals surface area contributed by atoms with Crippen molar-refractivity contribution in [2.45, 2.75) is 25.8 Å². The van der Waals surface area contributed by atoms with E-state index in [4.69, 9.17) is 0 Å². The Morgan fingerprint density at radius 1 is 1.50 bits per heavy atom. The Morgan fingerprint density at radius 3 is 2.85 bits per heavy atom. The van der Waals surface area contributed by atoms with Crippen molar-refractivity contribution in [3.63, 3.8) is 0 Å². The van der Waals surface area contributed by atoms with Gasteiger partial charge in [0.15, 0.2) is 0 Å². The van der Waals surface area contributed by atoms with Gasteiger partial charge in [-0.2, -0.15) is 0 Å². The number of pyridine rings is 1. The van der Waals surface area contributed by atoms with Crippen LogP contribution in [-0.4, -0.2) is 60.5 Å². The van der Waals surface area contributed by atoms with Crippen LogP contribution in [0.2, 0.25) is 0 Å². The molecule has 1 N–H and O–H groups in total. The lowest BCUT2D eigenvalue weighted by atomic mass is 10.0. The number of aromatic nitrogens is 1. The molecule has 0 radical (unpaired) electrons. The SMILES string of the molecule is CCNc1ccnc(C(=O)N(C)C2CCN(C)CC2)c1. The second kappa shape index (κ2) is 6.70. The van der Waals surface area contributed by atoms with Gasteiger partial charge in [-0.05, 0) is 52.0 Å². The first-order valence-electron chi connectivity index (χ1n) is 7.27. The Bertz CT molecular complexity index is 455. The third-order valence-electron chi connectivity index (χ3n) is 3.92. The summed E-state index contributed by atoms with van der Waals surface area (Å²) in [5.74, 6) is 0.0132. The first-order chi connectivity index (χ1) is 9.61. The van der Waals surface area contributed by atoms with Gasteiger partial charge in [0.2, 0.25) is 0 Å². The molecule has 1 amide bonds. The standard InChI is InChI=1S/C15H24N4O/c1-4-16-12-5-8-17-14(11-12)15(20)19(3)13-6-9-18(2)10-7-13/h5,8,11,13H,4,6-7,9-10H2,1-3H3,(H,16,17). The van der Waals surface area contributed by atoms with Crippen LogP contribution in [0.4, 0.5) is 5.69 Å². The summed E-state index contributed by atoms with van der Waals surface area (Å²) in [5, 5.41) is 3.21. The fraction of sp³-hybridized carbons (Fsp3) is 0.600. The number of nitrogens with one attached hydrogen (secondary N) is 1. The summed E-state index contributed by atoms with van der Waals surface area (Å²) < 4.78 is 0. The molecule has 1 aliphatic heterocycles. The predicted octanol–water partition coefficient (Wildman–Crippen LogP) is 1.68. The maximum Gasteiger partial charge on any atom is 0.272 e. The smallest absolute Gasteiger partial charge is 0.272 e. The summed E-state index contributed by atoms with van der Waals surface area (Å²) in [6, 6.07) is 4.04. The van der Waals surface area contributed by atoms with E-state index in [9.17, 15) is 4.79 Å². The minimum Gasteiger partial charge on any atom is -0.385 e. The van der Waals surface area contributed by atoms with Crippen molar-refractivity contribution < 1.29 is 4.79 Å². The van der Waals surface area contributed by atoms with E-state index in [0.717, 1.165) is 38.2 Å². The zero-order valence-electron chi connectivity index (χ0n) is 12.6. The van der Waals surface area contributed by atoms with Crippen LogP contribution < -0.4 is 5.32 Å². The van der Waals surface area contributed by atoms with Crippen molar-refractivity contribution in [2.75, 3.05) is 39.0 Å². The van der Waals surface area contributed by atoms with Gasteiger partial charge in [0.1, 0.15) is 5.69 Å². The van der Waals surface area contributed by atoms with E-state index < -0.39 is 0 Å². The van der Waals surface area contributed by atoms with Gasteiger partial charge in [0, 0.05) is 31.5 Å². The molecule has 0 atom stereocenters. The molecule has 2 rings (SSSR count). The molecule has 0 spiro atoms. The van der Waals surface area contributed by atoms with Gasteiger partial charge in [-0.1, -0.05) is 0 Å². The van der Waals surface area contributed by atoms with Crippen LogP contribution in [0.5, 0.6) is 0 Å². The van der Waals surface area contributed by atoms with Crippen LogP contribution in [0.1, 0.15) is 30.3 Å². The molecule has 0 aliphatic carbocycles. The Labute approximate surface area is 121 Å². The molecule has 0 aromatic carbocycles. The highest BCUT2D eigenvalue weighted by atomic mass is 16.2. The van der Waals surface area contributed by atoms with Crippen LogP contribution in [0, 0.1) is 0 Å². The second-order valence-electron chi connectivity index (χ2n) is 5.41. The minimum absolute atomic E-state index is 0.0132. The number of carbonyl (C=O) groups is 1. The van der Waals surface area contributed by atoms with Crippen LogP contribution in [0.3, 0.4) is 0 Å². The van der Waals surface area contributed by atoms with Crippen LogP contribution >= 0.6 is 0 Å². The van der Waals surface area contributed by atoms with Crippen molar-refractivity contribution in [3.05, 3.63) is 24.0 Å². The Morgan fingerprint density at radius 2 is 2.20 bits per heavy atom. The lowest BCUT2D eigenvalue weighted by molar-refractivity contribution is 0.0654. The molecule has 0 saturated carbocycles. The largest absolute Gasteiger partial charge is 0.385 e. The summed E-state index contributed by atoms with van der Waals surface area (Å²) in [5.41, 5.74) is 1.47. The monoisotopic (exact) mass is 276 g/mol. The fourth-order valence-electron chi connectivity index (χ4n) is 2.59. The van der Waals surface area contributed by atoms with Crippen molar-refractivity contribution in [2.24, 2.45) is 0 Å². The average Bonchev–Trinajstić information content (AvgIpc) is 2.47. The number of carbonyl (C=O) groups excluding carboxylic acids is 1. The first-order valence-corrected chi connectivity index (χ1v) is 7.27. The van der Waals surface area contributed by atoms with Gasteiger partial charge in [-0.3, -0.25) is 9.78 Å². The third kappa shape index (κ3) is 3.48. The highest BCUT2D eigenvalue weighted by Gasteiger charge is 2.25. The molecule has 110 valence electrons. The summed E-state index contributed by atoms with van der Waals surface area (Å²) >= 11 is 0. The topological polar surface area (TPSA) is 48.5 Å². The molecule has 0 bridgehead atoms. The van der Waals surface area contributed by atoms with Crippen molar-refractivity contribution in [1.29, 1.82) is 0 Å². The summed E-state index contributed by atoms with van der Waals surface area (Å²) in [6.07, 6.45) is 3.75. The molecule has 1 fully saturated rings. The van der Waals surface area contributed by atoms with Gasteiger partial charge < -0.3 is 15.1 Å². The molecule has 1 aromatic rings. The third-order valence-corrected chi connectivity index (χ3v) is 3.92. The Kier molecular flexibility index (Phi) is 4.95. The second-order valence-corrected chi connectivity index (χ2v) is 5.41. The Balaban J connectivity index is 2.04. The highest BCUT2D eigenvalue weighted by Crippen LogP contribution is 2.17. The number of nitrogens with zero attached hydrogens (tertiary/aromatic N) is 3. The fourth-order valence-corrected chi connectivity index (χ4v) is 2.59. The van der Waals surface area contributed by atoms with Gasteiger partial charge in [-0.15, -0.1) is 0 Å². The highest BCUT2D eigenvalue weighted by molar-refractivity contribution is 5.93. The number of anilines is 1. The van der Waals surface area contributed by atoms with E-state index >= 15 is 0 Å². The number of rotatable bonds is 4. The van der Waals surface area contributed by atoms with Crippen molar-refractivity contribution in [1.82, 2.24) is 14.8 Å². The number of hydrogen-bond acceptors (Lipinski definition) is 4.